The van der Waals surface area contributed by atoms with E-state index in [-0.39, 0.29) is 79.6 Å². The van der Waals surface area contributed by atoms with Gasteiger partial charge in [0.05, 0.1) is 0 Å². The standard InChI is InChI=1S/C51H96N16.C19H37N7/c1-22-67(43-57-41(65(20)36-30-48(10,11)61-49(12,13)31-36)56-42(58-43)66(21)37-32-50(14,15)62-51(16,17)33-37)25-23-24-52-38-53-39(63(18)34-26-44(2,3)59-45(4,5)27-34)55-40(54-38)64(19)35-28-46(6,7)60-47(8,9)29-35;1-14-21-16(20-10-9-11-25(6)7)23-17(22-14)26(8)15-12-18(2,3)24-19(4,5)13-15/h34-37,59-62H,22-33H2,1-21H3,(H,52,53,54,55);15,24H,9-13H2,1-8H3,(H,20,21,22,23). The normalized spacial score (nSPS) is 23.1. The lowest BCUT2D eigenvalue weighted by atomic mass is 9.79. The van der Waals surface area contributed by atoms with E-state index in [4.69, 9.17) is 29.9 Å². The van der Waals surface area contributed by atoms with Crippen LogP contribution in [0.3, 0.4) is 0 Å². The van der Waals surface area contributed by atoms with Crippen LogP contribution in [0.25, 0.3) is 0 Å². The molecule has 5 saturated heterocycles. The van der Waals surface area contributed by atoms with Gasteiger partial charge in [0.2, 0.25) is 47.6 Å². The Hall–Kier alpha value is -4.81. The van der Waals surface area contributed by atoms with Crippen LogP contribution in [0.15, 0.2) is 0 Å². The fraction of sp³-hybridized carbons (Fsp3) is 0.871. The fourth-order valence-electron chi connectivity index (χ4n) is 17.2. The Labute approximate surface area is 564 Å². The highest BCUT2D eigenvalue weighted by molar-refractivity contribution is 5.49. The molecule has 0 bridgehead atoms. The Morgan fingerprint density at radius 1 is 0.323 bits per heavy atom. The zero-order chi connectivity index (χ0) is 69.5. The molecule has 0 aromatic carbocycles. The maximum absolute atomic E-state index is 5.29. The van der Waals surface area contributed by atoms with Crippen LogP contribution in [0.2, 0.25) is 0 Å². The van der Waals surface area contributed by atoms with Crippen LogP contribution < -0.4 is 66.6 Å². The minimum Gasteiger partial charge on any atom is -0.354 e. The lowest BCUT2D eigenvalue weighted by Gasteiger charge is -2.49. The molecule has 8 rings (SSSR count). The molecule has 23 nitrogen and oxygen atoms in total. The summed E-state index contributed by atoms with van der Waals surface area (Å²) in [6, 6.07) is 1.46. The van der Waals surface area contributed by atoms with Crippen molar-refractivity contribution in [2.75, 3.05) is 122 Å². The highest BCUT2D eigenvalue weighted by Crippen LogP contribution is 2.39. The van der Waals surface area contributed by atoms with Crippen LogP contribution in [0, 0.1) is 6.92 Å². The molecule has 3 aromatic heterocycles. The van der Waals surface area contributed by atoms with Crippen molar-refractivity contribution in [3.05, 3.63) is 5.82 Å². The number of anilines is 8. The third-order valence-electron chi connectivity index (χ3n) is 19.7. The van der Waals surface area contributed by atoms with Gasteiger partial charge in [-0.05, 0) is 250 Å². The van der Waals surface area contributed by atoms with Gasteiger partial charge in [0.25, 0.3) is 0 Å². The van der Waals surface area contributed by atoms with Crippen LogP contribution >= 0.6 is 0 Å². The predicted octanol–water partition coefficient (Wildman–Crippen LogP) is 9.66. The molecule has 8 heterocycles. The summed E-state index contributed by atoms with van der Waals surface area (Å²) in [6.07, 6.45) is 11.9. The second-order valence-electron chi connectivity index (χ2n) is 35.8. The average Bonchev–Trinajstić information content (AvgIpc) is 0.813. The molecule has 0 unspecified atom stereocenters. The minimum absolute atomic E-state index is 0.0148. The lowest BCUT2D eigenvalue weighted by Crippen LogP contribution is -2.62. The first-order chi connectivity index (χ1) is 42.5. The molecule has 0 aliphatic carbocycles. The van der Waals surface area contributed by atoms with E-state index in [1.807, 2.05) is 6.92 Å². The van der Waals surface area contributed by atoms with Gasteiger partial charge in [0.1, 0.15) is 5.82 Å². The molecule has 0 atom stereocenters. The van der Waals surface area contributed by atoms with E-state index in [0.717, 1.165) is 133 Å². The van der Waals surface area contributed by atoms with Crippen LogP contribution in [0.5, 0.6) is 0 Å². The number of aromatic nitrogens is 9. The van der Waals surface area contributed by atoms with Crippen LogP contribution in [-0.4, -0.2) is 217 Å². The van der Waals surface area contributed by atoms with Gasteiger partial charge in [-0.1, -0.05) is 0 Å². The first kappa shape index (κ1) is 75.6. The van der Waals surface area contributed by atoms with Gasteiger partial charge < -0.3 is 71.5 Å². The minimum atomic E-state index is -0.0157. The van der Waals surface area contributed by atoms with Crippen molar-refractivity contribution in [3.8, 4) is 0 Å². The summed E-state index contributed by atoms with van der Waals surface area (Å²) in [5, 5.41) is 26.2. The van der Waals surface area contributed by atoms with Crippen molar-refractivity contribution in [1.82, 2.24) is 76.3 Å². The van der Waals surface area contributed by atoms with Gasteiger partial charge in [0, 0.05) is 147 Å². The topological polar surface area (TPSA) is 223 Å². The van der Waals surface area contributed by atoms with Crippen molar-refractivity contribution in [2.24, 2.45) is 0 Å². The fourth-order valence-corrected chi connectivity index (χ4v) is 17.2. The van der Waals surface area contributed by atoms with Crippen LogP contribution in [0.4, 0.5) is 47.6 Å². The number of aryl methyl sites for hydroxylation is 1. The van der Waals surface area contributed by atoms with Crippen molar-refractivity contribution in [1.29, 1.82) is 0 Å². The molecule has 5 fully saturated rings. The molecule has 0 spiro atoms. The lowest BCUT2D eigenvalue weighted by molar-refractivity contribution is 0.159. The van der Waals surface area contributed by atoms with Crippen molar-refractivity contribution < 1.29 is 0 Å². The zero-order valence-electron chi connectivity index (χ0n) is 64.1. The van der Waals surface area contributed by atoms with E-state index < -0.39 is 0 Å². The summed E-state index contributed by atoms with van der Waals surface area (Å²) in [5.41, 5.74) is 0.0644. The quantitative estimate of drug-likeness (QED) is 0.0465. The molecule has 0 saturated carbocycles. The summed E-state index contributed by atoms with van der Waals surface area (Å²) < 4.78 is 0. The maximum atomic E-state index is 5.29. The van der Waals surface area contributed by atoms with Crippen LogP contribution in [-0.2, 0) is 0 Å². The number of hydrogen-bond acceptors (Lipinski definition) is 23. The largest absolute Gasteiger partial charge is 0.354 e. The van der Waals surface area contributed by atoms with Gasteiger partial charge in [-0.15, -0.1) is 0 Å². The molecular weight excluding hydrogens is 1160 g/mol. The molecule has 7 N–H and O–H groups in total. The first-order valence-electron chi connectivity index (χ1n) is 35.3. The van der Waals surface area contributed by atoms with E-state index in [1.54, 1.807) is 0 Å². The van der Waals surface area contributed by atoms with Gasteiger partial charge in [-0.3, -0.25) is 0 Å². The SMILES string of the molecule is CCN(CCCNc1nc(N(C)C2CC(C)(C)NC(C)(C)C2)nc(N(C)C2CC(C)(C)NC(C)(C)C2)n1)c1nc(N(C)C2CC(C)(C)NC(C)(C)C2)nc(N(C)C2CC(C)(C)NC(C)(C)C2)n1.Cc1nc(NCCCN(C)C)nc(N(C)C2CC(C)(C)NC(C)(C)C2)n1. The second kappa shape index (κ2) is 28.3. The average molecular weight is 1300 g/mol. The Bertz CT molecular complexity index is 2730. The monoisotopic (exact) mass is 1300 g/mol. The van der Waals surface area contributed by atoms with E-state index in [9.17, 15) is 0 Å². The summed E-state index contributed by atoms with van der Waals surface area (Å²) in [7, 11) is 14.9. The molecule has 23 heteroatoms. The molecule has 0 amide bonds. The van der Waals surface area contributed by atoms with Crippen molar-refractivity contribution in [3.63, 3.8) is 0 Å². The Morgan fingerprint density at radius 3 is 0.806 bits per heavy atom. The summed E-state index contributed by atoms with van der Waals surface area (Å²) >= 11 is 0. The van der Waals surface area contributed by atoms with E-state index in [0.29, 0.717) is 36.4 Å². The third kappa shape index (κ3) is 21.6. The molecular formula is C70H133N23. The van der Waals surface area contributed by atoms with E-state index >= 15 is 0 Å². The van der Waals surface area contributed by atoms with Crippen molar-refractivity contribution >= 4 is 47.6 Å². The molecule has 5 aliphatic rings. The predicted molar refractivity (Wildman–Crippen MR) is 390 cm³/mol. The number of nitrogens with zero attached hydrogens (tertiary/aromatic N) is 16. The number of piperidine rings is 5. The Kier molecular flexibility index (Phi) is 23.0. The number of hydrogen-bond donors (Lipinski definition) is 7. The van der Waals surface area contributed by atoms with E-state index in [1.165, 1.54) is 0 Å². The van der Waals surface area contributed by atoms with Gasteiger partial charge in [-0.2, -0.15) is 44.9 Å². The molecule has 3 aromatic rings. The summed E-state index contributed by atoms with van der Waals surface area (Å²) in [6.45, 7) is 54.2. The maximum Gasteiger partial charge on any atom is 0.231 e. The Morgan fingerprint density at radius 2 is 0.548 bits per heavy atom. The zero-order valence-corrected chi connectivity index (χ0v) is 64.1. The summed E-state index contributed by atoms with van der Waals surface area (Å²) in [5.74, 6) is 6.38. The Balaban J connectivity index is 0.000000393. The summed E-state index contributed by atoms with van der Waals surface area (Å²) in [4.78, 5) is 61.0. The molecule has 528 valence electrons. The van der Waals surface area contributed by atoms with Gasteiger partial charge in [-0.25, -0.2) is 0 Å². The number of nitrogens with one attached hydrogen (secondary N) is 7. The second-order valence-corrected chi connectivity index (χ2v) is 35.8. The molecule has 5 aliphatic heterocycles. The highest BCUT2D eigenvalue weighted by atomic mass is 15.4. The number of rotatable bonds is 22. The molecule has 0 radical (unpaired) electrons. The third-order valence-corrected chi connectivity index (χ3v) is 19.7. The van der Waals surface area contributed by atoms with Crippen LogP contribution in [0.1, 0.15) is 228 Å². The first-order valence-corrected chi connectivity index (χ1v) is 35.3. The highest BCUT2D eigenvalue weighted by Gasteiger charge is 2.45. The van der Waals surface area contributed by atoms with Gasteiger partial charge >= 0.3 is 0 Å². The van der Waals surface area contributed by atoms with E-state index in [2.05, 4.69) is 281 Å². The van der Waals surface area contributed by atoms with Gasteiger partial charge in [0.15, 0.2) is 0 Å². The smallest absolute Gasteiger partial charge is 0.231 e. The molecule has 93 heavy (non-hydrogen) atoms. The van der Waals surface area contributed by atoms with Crippen molar-refractivity contribution in [2.45, 2.75) is 315 Å².